The number of ether oxygens (including phenoxy) is 2. The number of nitriles is 1. The van der Waals surface area contributed by atoms with E-state index in [-0.39, 0.29) is 17.3 Å². The number of halogens is 2. The van der Waals surface area contributed by atoms with Gasteiger partial charge in [-0.05, 0) is 41.5 Å². The highest BCUT2D eigenvalue weighted by Gasteiger charge is 2.36. The molecule has 4 aromatic rings. The van der Waals surface area contributed by atoms with E-state index in [9.17, 15) is 5.26 Å². The van der Waals surface area contributed by atoms with Crippen LogP contribution in [0.3, 0.4) is 0 Å². The Labute approximate surface area is 206 Å². The summed E-state index contributed by atoms with van der Waals surface area (Å²) in [7, 11) is 0. The topological polar surface area (TPSA) is 97.0 Å². The first-order valence-corrected chi connectivity index (χ1v) is 11.2. The molecule has 3 N–H and O–H groups in total. The first-order valence-electron chi connectivity index (χ1n) is 10.4. The largest absolute Gasteiger partial charge is 0.489 e. The Hall–Kier alpha value is -3.92. The molecule has 0 saturated heterocycles. The lowest BCUT2D eigenvalue weighted by Crippen LogP contribution is -2.21. The fourth-order valence-electron chi connectivity index (χ4n) is 3.98. The second-order valence-electron chi connectivity index (χ2n) is 7.68. The number of nitrogens with zero attached hydrogens (tertiary/aromatic N) is 2. The summed E-state index contributed by atoms with van der Waals surface area (Å²) in [6.07, 6.45) is 0. The normalized spacial score (nSPS) is 14.8. The van der Waals surface area contributed by atoms with Gasteiger partial charge in [-0.1, -0.05) is 65.7 Å². The Kier molecular flexibility index (Phi) is 5.89. The maximum absolute atomic E-state index is 9.88. The summed E-state index contributed by atoms with van der Waals surface area (Å²) in [6, 6.07) is 25.0. The van der Waals surface area contributed by atoms with Crippen LogP contribution in [0, 0.1) is 11.3 Å². The van der Waals surface area contributed by atoms with Gasteiger partial charge in [-0.25, -0.2) is 0 Å². The minimum absolute atomic E-state index is 0.0150. The number of hydrogen-bond acceptors (Lipinski definition) is 5. The zero-order valence-corrected chi connectivity index (χ0v) is 19.3. The van der Waals surface area contributed by atoms with Gasteiger partial charge in [0.1, 0.15) is 24.0 Å². The highest BCUT2D eigenvalue weighted by molar-refractivity contribution is 6.42. The van der Waals surface area contributed by atoms with Crippen LogP contribution in [0.25, 0.3) is 11.3 Å². The number of fused-ring (bicyclic) bond motifs is 1. The second kappa shape index (κ2) is 9.14. The van der Waals surface area contributed by atoms with Gasteiger partial charge >= 0.3 is 0 Å². The van der Waals surface area contributed by atoms with Crippen molar-refractivity contribution in [1.29, 1.82) is 5.26 Å². The van der Waals surface area contributed by atoms with Gasteiger partial charge in [-0.3, -0.25) is 5.10 Å². The Morgan fingerprint density at radius 2 is 1.79 bits per heavy atom. The molecule has 0 bridgehead atoms. The maximum Gasteiger partial charge on any atom is 0.244 e. The van der Waals surface area contributed by atoms with Crippen molar-refractivity contribution in [3.63, 3.8) is 0 Å². The number of hydrogen-bond donors (Lipinski definition) is 2. The molecule has 1 atom stereocenters. The first kappa shape index (κ1) is 21.9. The molecular weight excluding hydrogens is 471 g/mol. The summed E-state index contributed by atoms with van der Waals surface area (Å²) in [5.74, 6) is 0.409. The van der Waals surface area contributed by atoms with E-state index in [0.29, 0.717) is 33.5 Å². The molecule has 3 aromatic carbocycles. The Balaban J connectivity index is 1.52. The number of H-pyrrole nitrogens is 1. The smallest absolute Gasteiger partial charge is 0.244 e. The molecule has 5 rings (SSSR count). The van der Waals surface area contributed by atoms with Crippen LogP contribution in [-0.4, -0.2) is 10.2 Å². The molecule has 0 radical (unpaired) electrons. The van der Waals surface area contributed by atoms with E-state index in [4.69, 9.17) is 38.4 Å². The van der Waals surface area contributed by atoms with Crippen LogP contribution in [0.5, 0.6) is 11.6 Å². The first-order chi connectivity index (χ1) is 16.6. The molecule has 1 aliphatic heterocycles. The summed E-state index contributed by atoms with van der Waals surface area (Å²) >= 11 is 12.8. The Morgan fingerprint density at radius 3 is 2.53 bits per heavy atom. The second-order valence-corrected chi connectivity index (χ2v) is 8.47. The van der Waals surface area contributed by atoms with Gasteiger partial charge in [0.05, 0.1) is 27.2 Å². The number of benzene rings is 3. The average molecular weight is 489 g/mol. The van der Waals surface area contributed by atoms with Crippen LogP contribution in [0.4, 0.5) is 0 Å². The van der Waals surface area contributed by atoms with E-state index >= 15 is 0 Å². The summed E-state index contributed by atoms with van der Waals surface area (Å²) in [5.41, 5.74) is 10.2. The molecule has 1 aliphatic rings. The molecule has 6 nitrogen and oxygen atoms in total. The van der Waals surface area contributed by atoms with Crippen molar-refractivity contribution in [1.82, 2.24) is 10.2 Å². The van der Waals surface area contributed by atoms with E-state index in [2.05, 4.69) is 16.3 Å². The number of rotatable bonds is 5. The van der Waals surface area contributed by atoms with Gasteiger partial charge in [-0.2, -0.15) is 5.26 Å². The highest BCUT2D eigenvalue weighted by Crippen LogP contribution is 2.48. The summed E-state index contributed by atoms with van der Waals surface area (Å²) in [4.78, 5) is 0. The molecule has 0 aliphatic carbocycles. The van der Waals surface area contributed by atoms with Crippen LogP contribution in [0.1, 0.15) is 22.6 Å². The van der Waals surface area contributed by atoms with Gasteiger partial charge in [0.2, 0.25) is 11.8 Å². The zero-order chi connectivity index (χ0) is 23.7. The van der Waals surface area contributed by atoms with Crippen molar-refractivity contribution in [2.45, 2.75) is 12.5 Å². The minimum Gasteiger partial charge on any atom is -0.489 e. The third-order valence-electron chi connectivity index (χ3n) is 5.62. The molecule has 34 heavy (non-hydrogen) atoms. The molecule has 0 saturated carbocycles. The van der Waals surface area contributed by atoms with Gasteiger partial charge in [0, 0.05) is 5.56 Å². The molecule has 8 heteroatoms. The van der Waals surface area contributed by atoms with Gasteiger partial charge in [0.15, 0.2) is 0 Å². The lowest BCUT2D eigenvalue weighted by Gasteiger charge is -2.25. The predicted molar refractivity (Wildman–Crippen MR) is 131 cm³/mol. The molecule has 1 aromatic heterocycles. The number of nitrogens with two attached hydrogens (primary N) is 1. The highest BCUT2D eigenvalue weighted by atomic mass is 35.5. The molecule has 1 unspecified atom stereocenters. The lowest BCUT2D eigenvalue weighted by atomic mass is 9.83. The van der Waals surface area contributed by atoms with Crippen molar-refractivity contribution in [3.05, 3.63) is 111 Å². The van der Waals surface area contributed by atoms with E-state index in [1.165, 1.54) is 0 Å². The van der Waals surface area contributed by atoms with Crippen LogP contribution in [-0.2, 0) is 6.61 Å². The monoisotopic (exact) mass is 488 g/mol. The fraction of sp³-hybridized carbons (Fsp3) is 0.0769. The Morgan fingerprint density at radius 1 is 1.03 bits per heavy atom. The van der Waals surface area contributed by atoms with Crippen LogP contribution < -0.4 is 15.2 Å². The van der Waals surface area contributed by atoms with Crippen molar-refractivity contribution in [2.24, 2.45) is 5.73 Å². The van der Waals surface area contributed by atoms with Crippen molar-refractivity contribution < 1.29 is 9.47 Å². The van der Waals surface area contributed by atoms with E-state index < -0.39 is 5.92 Å². The van der Waals surface area contributed by atoms with E-state index in [0.717, 1.165) is 16.9 Å². The molecule has 0 spiro atoms. The third kappa shape index (κ3) is 3.96. The number of nitrogens with one attached hydrogen (secondary N) is 1. The van der Waals surface area contributed by atoms with Crippen LogP contribution >= 0.6 is 23.2 Å². The van der Waals surface area contributed by atoms with E-state index in [1.807, 2.05) is 60.7 Å². The predicted octanol–water partition coefficient (Wildman–Crippen LogP) is 6.18. The number of aromatic nitrogens is 2. The average Bonchev–Trinajstić information content (AvgIpc) is 3.28. The lowest BCUT2D eigenvalue weighted by molar-refractivity contribution is 0.306. The van der Waals surface area contributed by atoms with Crippen LogP contribution in [0.15, 0.2) is 84.3 Å². The van der Waals surface area contributed by atoms with Gasteiger partial charge in [-0.15, -0.1) is 5.10 Å². The number of aromatic amines is 1. The zero-order valence-electron chi connectivity index (χ0n) is 17.8. The summed E-state index contributed by atoms with van der Waals surface area (Å²) in [6.45, 7) is 0.471. The molecule has 0 amide bonds. The SMILES string of the molecule is N#CC1=C(N)Oc2n[nH]c(-c3ccc(OCc4ccccc4)cc3)c2C1c1cccc(Cl)c1Cl. The molecular formula is C26H18Cl2N4O2. The minimum atomic E-state index is -0.595. The van der Waals surface area contributed by atoms with Gasteiger partial charge < -0.3 is 15.2 Å². The third-order valence-corrected chi connectivity index (χ3v) is 6.46. The fourth-order valence-corrected chi connectivity index (χ4v) is 4.40. The molecule has 2 heterocycles. The van der Waals surface area contributed by atoms with Crippen molar-refractivity contribution in [2.75, 3.05) is 0 Å². The molecule has 168 valence electrons. The quantitative estimate of drug-likeness (QED) is 0.349. The summed E-state index contributed by atoms with van der Waals surface area (Å²) in [5, 5.41) is 17.9. The maximum atomic E-state index is 9.88. The summed E-state index contributed by atoms with van der Waals surface area (Å²) < 4.78 is 11.6. The standard InChI is InChI=1S/C26H18Cl2N4O2/c27-20-8-4-7-18(23(20)28)21-19(13-29)25(30)34-26-22(21)24(31-32-26)16-9-11-17(12-10-16)33-14-15-5-2-1-3-6-15/h1-12,21H,14,30H2,(H,31,32). The molecule has 0 fully saturated rings. The van der Waals surface area contributed by atoms with Gasteiger partial charge in [0.25, 0.3) is 0 Å². The number of allylic oxidation sites excluding steroid dienone is 1. The Bertz CT molecular complexity index is 1420. The van der Waals surface area contributed by atoms with Crippen LogP contribution in [0.2, 0.25) is 10.0 Å². The van der Waals surface area contributed by atoms with Crippen molar-refractivity contribution >= 4 is 23.2 Å². The van der Waals surface area contributed by atoms with Crippen molar-refractivity contribution in [3.8, 4) is 29.0 Å². The van der Waals surface area contributed by atoms with E-state index in [1.54, 1.807) is 12.1 Å².